The monoisotopic (exact) mass is 373 g/mol. The van der Waals surface area contributed by atoms with Crippen LogP contribution >= 0.6 is 0 Å². The van der Waals surface area contributed by atoms with Gasteiger partial charge in [0.05, 0.1) is 25.3 Å². The predicted molar refractivity (Wildman–Crippen MR) is 100.0 cm³/mol. The summed E-state index contributed by atoms with van der Waals surface area (Å²) in [6, 6.07) is 8.88. The molecule has 0 unspecified atom stereocenters. The van der Waals surface area contributed by atoms with E-state index in [2.05, 4.69) is 0 Å². The lowest BCUT2D eigenvalue weighted by Gasteiger charge is -2.21. The molecule has 0 atom stereocenters. The highest BCUT2D eigenvalue weighted by molar-refractivity contribution is 6.49. The summed E-state index contributed by atoms with van der Waals surface area (Å²) in [5, 5.41) is 0. The molecule has 0 spiro atoms. The highest BCUT2D eigenvalue weighted by Gasteiger charge is 2.30. The van der Waals surface area contributed by atoms with Gasteiger partial charge in [0, 0.05) is 6.32 Å². The Morgan fingerprint density at radius 2 is 1.78 bits per heavy atom. The largest absolute Gasteiger partial charge is 0.602 e. The molecule has 1 heterocycles. The van der Waals surface area contributed by atoms with E-state index < -0.39 is 19.1 Å². The zero-order valence-electron chi connectivity index (χ0n) is 15.5. The molecular weight excluding hydrogens is 349 g/mol. The Hall–Kier alpha value is -2.61. The summed E-state index contributed by atoms with van der Waals surface area (Å²) < 4.78 is 15.4. The van der Waals surface area contributed by atoms with Crippen LogP contribution < -0.4 is 0 Å². The van der Waals surface area contributed by atoms with Crippen LogP contribution in [-0.2, 0) is 23.6 Å². The Kier molecular flexibility index (Phi) is 8.57. The average Bonchev–Trinajstić information content (AvgIpc) is 2.62. The minimum absolute atomic E-state index is 0.0665. The van der Waals surface area contributed by atoms with Crippen molar-refractivity contribution in [1.29, 1.82) is 0 Å². The summed E-state index contributed by atoms with van der Waals surface area (Å²) in [5.41, 5.74) is 0.548. The third kappa shape index (κ3) is 8.08. The van der Waals surface area contributed by atoms with Gasteiger partial charge < -0.3 is 14.0 Å². The van der Waals surface area contributed by atoms with Crippen molar-refractivity contribution in [3.63, 3.8) is 0 Å². The van der Waals surface area contributed by atoms with Gasteiger partial charge in [-0.15, -0.1) is 0 Å². The van der Waals surface area contributed by atoms with E-state index in [1.165, 1.54) is 0 Å². The van der Waals surface area contributed by atoms with Crippen LogP contribution in [-0.4, -0.2) is 56.7 Å². The van der Waals surface area contributed by atoms with Gasteiger partial charge >= 0.3 is 25.0 Å². The zero-order valence-corrected chi connectivity index (χ0v) is 15.5. The van der Waals surface area contributed by atoms with Crippen LogP contribution in [0.5, 0.6) is 0 Å². The minimum atomic E-state index is -0.873. The molecule has 0 aliphatic carbocycles. The van der Waals surface area contributed by atoms with Gasteiger partial charge in [0.25, 0.3) is 0 Å². The summed E-state index contributed by atoms with van der Waals surface area (Å²) >= 11 is 0. The van der Waals surface area contributed by atoms with Gasteiger partial charge in [-0.1, -0.05) is 30.4 Å². The molecule has 0 aromatic heterocycles. The predicted octanol–water partition coefficient (Wildman–Crippen LogP) is 2.09. The second-order valence-electron chi connectivity index (χ2n) is 6.29. The molecule has 0 bridgehead atoms. The van der Waals surface area contributed by atoms with Crippen molar-refractivity contribution in [2.24, 2.45) is 0 Å². The Balaban J connectivity index is 1.58. The maximum Gasteiger partial charge on any atom is 0.602 e. The number of hydrogen-bond acceptors (Lipinski definition) is 7. The van der Waals surface area contributed by atoms with Crippen molar-refractivity contribution >= 4 is 25.0 Å². The number of carbonyl (C=O) groups excluding carboxylic acids is 3. The van der Waals surface area contributed by atoms with Crippen LogP contribution in [0.4, 0.5) is 0 Å². The Bertz CT molecular complexity index is 643. The Labute approximate surface area is 159 Å². The van der Waals surface area contributed by atoms with Crippen LogP contribution in [0.1, 0.15) is 29.6 Å². The second-order valence-corrected chi connectivity index (χ2v) is 6.29. The summed E-state index contributed by atoms with van der Waals surface area (Å²) in [7, 11) is 0.779. The summed E-state index contributed by atoms with van der Waals surface area (Å²) in [6.07, 6.45) is 6.48. The fourth-order valence-electron chi connectivity index (χ4n) is 2.50. The van der Waals surface area contributed by atoms with Gasteiger partial charge in [-0.25, -0.2) is 4.79 Å². The first kappa shape index (κ1) is 20.7. The number of esters is 1. The highest BCUT2D eigenvalue weighted by Crippen LogP contribution is 2.07. The second kappa shape index (κ2) is 11.2. The van der Waals surface area contributed by atoms with Gasteiger partial charge in [-0.05, 0) is 38.4 Å². The maximum absolute atomic E-state index is 11.8. The first-order valence-corrected chi connectivity index (χ1v) is 8.99. The SMILES string of the molecule is CN1CC(=O)OB(C/C=C/CCCCOC(=O)c2ccccc2)OC(=O)C1. The molecule has 0 radical (unpaired) electrons. The van der Waals surface area contributed by atoms with E-state index in [1.807, 2.05) is 18.2 Å². The molecule has 1 aliphatic rings. The number of ether oxygens (including phenoxy) is 1. The topological polar surface area (TPSA) is 82.1 Å². The molecule has 0 saturated carbocycles. The molecule has 1 aromatic rings. The number of allylic oxidation sites excluding steroid dienone is 2. The molecule has 1 fully saturated rings. The van der Waals surface area contributed by atoms with E-state index >= 15 is 0 Å². The molecule has 0 N–H and O–H groups in total. The van der Waals surface area contributed by atoms with E-state index in [-0.39, 0.29) is 19.1 Å². The smallest absolute Gasteiger partial charge is 0.498 e. The van der Waals surface area contributed by atoms with Gasteiger partial charge in [0.1, 0.15) is 0 Å². The van der Waals surface area contributed by atoms with Crippen LogP contribution in [0.2, 0.25) is 6.32 Å². The normalized spacial score (nSPS) is 15.8. The first-order chi connectivity index (χ1) is 13.0. The average molecular weight is 373 g/mol. The van der Waals surface area contributed by atoms with Crippen LogP contribution in [0, 0.1) is 0 Å². The standard InChI is InChI=1S/C19H24BNO6/c1-21-14-17(22)26-20(27-18(23)15-21)12-8-3-2-4-9-13-25-19(24)16-10-6-5-7-11-16/h3,5-8,10-11H,2,4,9,12-15H2,1H3/b8-3+. The van der Waals surface area contributed by atoms with Crippen LogP contribution in [0.25, 0.3) is 0 Å². The lowest BCUT2D eigenvalue weighted by molar-refractivity contribution is -0.145. The third-order valence-electron chi connectivity index (χ3n) is 3.83. The van der Waals surface area contributed by atoms with Crippen molar-refractivity contribution in [3.8, 4) is 0 Å². The molecule has 0 amide bonds. The van der Waals surface area contributed by atoms with E-state index in [9.17, 15) is 14.4 Å². The van der Waals surface area contributed by atoms with E-state index in [0.29, 0.717) is 18.5 Å². The minimum Gasteiger partial charge on any atom is -0.498 e. The highest BCUT2D eigenvalue weighted by atomic mass is 16.6. The Morgan fingerprint density at radius 1 is 1.11 bits per heavy atom. The molecule has 1 aromatic carbocycles. The number of hydrogen-bond donors (Lipinski definition) is 0. The van der Waals surface area contributed by atoms with Crippen LogP contribution in [0.15, 0.2) is 42.5 Å². The van der Waals surface area contributed by atoms with Gasteiger partial charge in [-0.2, -0.15) is 0 Å². The molecule has 144 valence electrons. The quantitative estimate of drug-likeness (QED) is 0.299. The molecule has 8 heteroatoms. The number of nitrogens with zero attached hydrogens (tertiary/aromatic N) is 1. The fourth-order valence-corrected chi connectivity index (χ4v) is 2.50. The zero-order chi connectivity index (χ0) is 19.5. The molecular formula is C19H24BNO6. The summed E-state index contributed by atoms with van der Waals surface area (Å²) in [5.74, 6) is -1.14. The van der Waals surface area contributed by atoms with E-state index in [0.717, 1.165) is 19.3 Å². The summed E-state index contributed by atoms with van der Waals surface area (Å²) in [4.78, 5) is 36.5. The van der Waals surface area contributed by atoms with Gasteiger partial charge in [0.2, 0.25) is 0 Å². The lowest BCUT2D eigenvalue weighted by Crippen LogP contribution is -2.42. The Morgan fingerprint density at radius 3 is 2.44 bits per heavy atom. The van der Waals surface area contributed by atoms with E-state index in [1.54, 1.807) is 36.2 Å². The van der Waals surface area contributed by atoms with Crippen molar-refractivity contribution in [2.45, 2.75) is 25.6 Å². The van der Waals surface area contributed by atoms with Crippen molar-refractivity contribution < 1.29 is 28.4 Å². The lowest BCUT2D eigenvalue weighted by atomic mass is 9.84. The van der Waals surface area contributed by atoms with Crippen molar-refractivity contribution in [1.82, 2.24) is 4.90 Å². The van der Waals surface area contributed by atoms with Gasteiger partial charge in [0.15, 0.2) is 0 Å². The van der Waals surface area contributed by atoms with Gasteiger partial charge in [-0.3, -0.25) is 14.5 Å². The van der Waals surface area contributed by atoms with Crippen LogP contribution in [0.3, 0.4) is 0 Å². The number of likely N-dealkylation sites (N-methyl/N-ethyl adjacent to an activating group) is 1. The molecule has 1 aliphatic heterocycles. The van der Waals surface area contributed by atoms with Crippen molar-refractivity contribution in [3.05, 3.63) is 48.0 Å². The molecule has 7 nitrogen and oxygen atoms in total. The molecule has 27 heavy (non-hydrogen) atoms. The molecule has 1 saturated heterocycles. The van der Waals surface area contributed by atoms with Crippen molar-refractivity contribution in [2.75, 3.05) is 26.7 Å². The number of carbonyl (C=O) groups is 3. The number of benzene rings is 1. The number of unbranched alkanes of at least 4 members (excludes halogenated alkanes) is 2. The molecule has 2 rings (SSSR count). The fraction of sp³-hybridized carbons (Fsp3) is 0.421. The third-order valence-corrected chi connectivity index (χ3v) is 3.83. The summed E-state index contributed by atoms with van der Waals surface area (Å²) in [6.45, 7) is 0.501. The number of rotatable bonds is 8. The maximum atomic E-state index is 11.8. The first-order valence-electron chi connectivity index (χ1n) is 8.99. The van der Waals surface area contributed by atoms with E-state index in [4.69, 9.17) is 14.0 Å².